The molecule has 0 bridgehead atoms. The zero-order valence-corrected chi connectivity index (χ0v) is 8.38. The first kappa shape index (κ1) is 10.7. The molecule has 0 N–H and O–H groups in total. The zero-order valence-electron chi connectivity index (χ0n) is 8.38. The molecule has 16 heavy (non-hydrogen) atoms. The van der Waals surface area contributed by atoms with Crippen molar-refractivity contribution in [2.75, 3.05) is 0 Å². The lowest BCUT2D eigenvalue weighted by molar-refractivity contribution is -0.0490. The van der Waals surface area contributed by atoms with Crippen LogP contribution in [-0.2, 0) is 0 Å². The summed E-state index contributed by atoms with van der Waals surface area (Å²) in [5.41, 5.74) is 0.889. The van der Waals surface area contributed by atoms with Crippen molar-refractivity contribution in [2.45, 2.75) is 13.5 Å². The van der Waals surface area contributed by atoms with Gasteiger partial charge in [-0.15, -0.1) is 0 Å². The first-order valence-electron chi connectivity index (χ1n) is 4.58. The molecular weight excluding hydrogens is 219 g/mol. The maximum absolute atomic E-state index is 13.1. The molecule has 0 spiro atoms. The van der Waals surface area contributed by atoms with Crippen LogP contribution in [0.5, 0.6) is 5.75 Å². The Kier molecular flexibility index (Phi) is 2.68. The van der Waals surface area contributed by atoms with Crippen molar-refractivity contribution in [2.24, 2.45) is 0 Å². The van der Waals surface area contributed by atoms with E-state index in [4.69, 9.17) is 0 Å². The highest BCUT2D eigenvalue weighted by Crippen LogP contribution is 2.27. The van der Waals surface area contributed by atoms with Gasteiger partial charge in [-0.05, 0) is 19.1 Å². The second-order valence-electron chi connectivity index (χ2n) is 3.31. The van der Waals surface area contributed by atoms with Gasteiger partial charge in [0, 0.05) is 17.1 Å². The minimum Gasteiger partial charge on any atom is -0.432 e. The van der Waals surface area contributed by atoms with Crippen LogP contribution in [0.15, 0.2) is 24.3 Å². The molecule has 0 radical (unpaired) electrons. The summed E-state index contributed by atoms with van der Waals surface area (Å²) >= 11 is 0. The van der Waals surface area contributed by atoms with Gasteiger partial charge >= 0.3 is 6.61 Å². The molecule has 84 valence electrons. The molecule has 0 aliphatic rings. The van der Waals surface area contributed by atoms with E-state index in [0.717, 1.165) is 6.07 Å². The fourth-order valence-electron chi connectivity index (χ4n) is 1.45. The molecule has 0 saturated carbocycles. The predicted octanol–water partition coefficient (Wildman–Crippen LogP) is 3.28. The molecule has 0 aliphatic carbocycles. The number of benzene rings is 1. The summed E-state index contributed by atoms with van der Waals surface area (Å²) in [6.07, 6.45) is 0. The van der Waals surface area contributed by atoms with Crippen LogP contribution in [0.25, 0.3) is 10.9 Å². The Morgan fingerprint density at radius 3 is 2.69 bits per heavy atom. The van der Waals surface area contributed by atoms with E-state index in [1.165, 1.54) is 6.07 Å². The third-order valence-corrected chi connectivity index (χ3v) is 2.08. The lowest BCUT2D eigenvalue weighted by Crippen LogP contribution is -2.03. The van der Waals surface area contributed by atoms with Gasteiger partial charge in [-0.2, -0.15) is 8.78 Å². The number of pyridine rings is 1. The van der Waals surface area contributed by atoms with Crippen LogP contribution in [-0.4, -0.2) is 11.6 Å². The van der Waals surface area contributed by atoms with Crippen molar-refractivity contribution in [1.82, 2.24) is 4.98 Å². The van der Waals surface area contributed by atoms with Crippen molar-refractivity contribution in [3.8, 4) is 5.75 Å². The maximum Gasteiger partial charge on any atom is 0.387 e. The van der Waals surface area contributed by atoms with E-state index < -0.39 is 12.4 Å². The van der Waals surface area contributed by atoms with Gasteiger partial charge in [-0.25, -0.2) is 9.37 Å². The van der Waals surface area contributed by atoms with Gasteiger partial charge in [0.25, 0.3) is 0 Å². The SMILES string of the molecule is Cc1ccc2cc(F)cc(OC(F)F)c2n1. The quantitative estimate of drug-likeness (QED) is 0.785. The summed E-state index contributed by atoms with van der Waals surface area (Å²) in [7, 11) is 0. The molecule has 0 atom stereocenters. The largest absolute Gasteiger partial charge is 0.432 e. The first-order chi connectivity index (χ1) is 7.56. The standard InChI is InChI=1S/C11H8F3NO/c1-6-2-3-7-4-8(12)5-9(10(7)15-6)16-11(13)14/h2-5,11H,1H3. The van der Waals surface area contributed by atoms with Crippen molar-refractivity contribution >= 4 is 10.9 Å². The molecule has 2 aromatic rings. The van der Waals surface area contributed by atoms with Crippen LogP contribution in [0.4, 0.5) is 13.2 Å². The predicted molar refractivity (Wildman–Crippen MR) is 53.1 cm³/mol. The summed E-state index contributed by atoms with van der Waals surface area (Å²) in [6, 6.07) is 5.41. The number of hydrogen-bond acceptors (Lipinski definition) is 2. The second-order valence-corrected chi connectivity index (χ2v) is 3.31. The van der Waals surface area contributed by atoms with Crippen molar-refractivity contribution < 1.29 is 17.9 Å². The van der Waals surface area contributed by atoms with Gasteiger partial charge in [0.05, 0.1) is 0 Å². The van der Waals surface area contributed by atoms with E-state index in [2.05, 4.69) is 9.72 Å². The Morgan fingerprint density at radius 2 is 2.00 bits per heavy atom. The number of fused-ring (bicyclic) bond motifs is 1. The molecule has 0 fully saturated rings. The summed E-state index contributed by atoms with van der Waals surface area (Å²) in [6.45, 7) is -1.28. The van der Waals surface area contributed by atoms with Crippen molar-refractivity contribution in [3.05, 3.63) is 35.8 Å². The molecule has 0 saturated heterocycles. The van der Waals surface area contributed by atoms with E-state index in [1.807, 2.05) is 0 Å². The molecule has 0 aliphatic heterocycles. The molecule has 1 aromatic heterocycles. The Morgan fingerprint density at radius 1 is 1.25 bits per heavy atom. The van der Waals surface area contributed by atoms with Crippen LogP contribution < -0.4 is 4.74 Å². The van der Waals surface area contributed by atoms with Gasteiger partial charge < -0.3 is 4.74 Å². The number of rotatable bonds is 2. The number of hydrogen-bond donors (Lipinski definition) is 0. The van der Waals surface area contributed by atoms with Gasteiger partial charge in [-0.1, -0.05) is 6.07 Å². The Bertz CT molecular complexity index is 528. The van der Waals surface area contributed by atoms with Crippen molar-refractivity contribution in [3.63, 3.8) is 0 Å². The number of aromatic nitrogens is 1. The first-order valence-corrected chi connectivity index (χ1v) is 4.58. The van der Waals surface area contributed by atoms with E-state index in [-0.39, 0.29) is 11.3 Å². The monoisotopic (exact) mass is 227 g/mol. The van der Waals surface area contributed by atoms with E-state index in [0.29, 0.717) is 11.1 Å². The number of nitrogens with zero attached hydrogens (tertiary/aromatic N) is 1. The van der Waals surface area contributed by atoms with Crippen LogP contribution >= 0.6 is 0 Å². The summed E-state index contributed by atoms with van der Waals surface area (Å²) in [5, 5.41) is 0.432. The average molecular weight is 227 g/mol. The normalized spacial score (nSPS) is 11.1. The Labute approximate surface area is 89.7 Å². The van der Waals surface area contributed by atoms with E-state index in [1.54, 1.807) is 19.1 Å². The molecule has 1 aromatic carbocycles. The summed E-state index contributed by atoms with van der Waals surface area (Å²) in [5.74, 6) is -0.873. The summed E-state index contributed by atoms with van der Waals surface area (Å²) in [4.78, 5) is 4.04. The fourth-order valence-corrected chi connectivity index (χ4v) is 1.45. The number of halogens is 3. The Hall–Kier alpha value is -1.78. The average Bonchev–Trinajstić information content (AvgIpc) is 2.18. The van der Waals surface area contributed by atoms with Crippen LogP contribution in [0.2, 0.25) is 0 Å². The highest BCUT2D eigenvalue weighted by Gasteiger charge is 2.11. The number of ether oxygens (including phenoxy) is 1. The van der Waals surface area contributed by atoms with Gasteiger partial charge in [0.2, 0.25) is 0 Å². The van der Waals surface area contributed by atoms with Gasteiger partial charge in [0.1, 0.15) is 11.3 Å². The molecule has 2 nitrogen and oxygen atoms in total. The number of alkyl halides is 2. The minimum absolute atomic E-state index is 0.238. The van der Waals surface area contributed by atoms with Gasteiger partial charge in [-0.3, -0.25) is 0 Å². The molecule has 0 unspecified atom stereocenters. The lowest BCUT2D eigenvalue weighted by atomic mass is 10.2. The molecule has 2 rings (SSSR count). The van der Waals surface area contributed by atoms with Crippen LogP contribution in [0.1, 0.15) is 5.69 Å². The zero-order chi connectivity index (χ0) is 11.7. The molecule has 0 amide bonds. The third-order valence-electron chi connectivity index (χ3n) is 2.08. The van der Waals surface area contributed by atoms with E-state index >= 15 is 0 Å². The van der Waals surface area contributed by atoms with Crippen LogP contribution in [0, 0.1) is 12.7 Å². The second kappa shape index (κ2) is 4.00. The highest BCUT2D eigenvalue weighted by molar-refractivity contribution is 5.84. The smallest absolute Gasteiger partial charge is 0.387 e. The Balaban J connectivity index is 2.64. The van der Waals surface area contributed by atoms with Crippen LogP contribution in [0.3, 0.4) is 0 Å². The molecule has 1 heterocycles. The third kappa shape index (κ3) is 2.08. The topological polar surface area (TPSA) is 22.1 Å². The van der Waals surface area contributed by atoms with E-state index in [9.17, 15) is 13.2 Å². The summed E-state index contributed by atoms with van der Waals surface area (Å²) < 4.78 is 41.5. The number of aryl methyl sites for hydroxylation is 1. The maximum atomic E-state index is 13.1. The minimum atomic E-state index is -2.99. The van der Waals surface area contributed by atoms with Crippen molar-refractivity contribution in [1.29, 1.82) is 0 Å². The lowest BCUT2D eigenvalue weighted by Gasteiger charge is -2.08. The fraction of sp³-hybridized carbons (Fsp3) is 0.182. The molecule has 5 heteroatoms. The highest BCUT2D eigenvalue weighted by atomic mass is 19.3. The van der Waals surface area contributed by atoms with Gasteiger partial charge in [0.15, 0.2) is 5.75 Å². The molecular formula is C11H8F3NO.